The molecule has 135 valence electrons. The van der Waals surface area contributed by atoms with E-state index >= 15 is 0 Å². The fourth-order valence-corrected chi connectivity index (χ4v) is 4.86. The average Bonchev–Trinajstić information content (AvgIpc) is 2.94. The second-order valence-electron chi connectivity index (χ2n) is 8.36. The molecular formula is C20H32BN4. The van der Waals surface area contributed by atoms with Gasteiger partial charge >= 0.3 is 0 Å². The lowest BCUT2D eigenvalue weighted by molar-refractivity contribution is 0.171. The van der Waals surface area contributed by atoms with Crippen LogP contribution < -0.4 is 0 Å². The van der Waals surface area contributed by atoms with Crippen molar-refractivity contribution in [1.82, 2.24) is 19.7 Å². The first-order valence-electron chi connectivity index (χ1n) is 9.94. The van der Waals surface area contributed by atoms with E-state index in [-0.39, 0.29) is 0 Å². The Morgan fingerprint density at radius 3 is 2.60 bits per heavy atom. The zero-order valence-electron chi connectivity index (χ0n) is 16.4. The first-order valence-corrected chi connectivity index (χ1v) is 9.94. The molecule has 0 amide bonds. The Balaban J connectivity index is 1.65. The molecule has 0 N–H and O–H groups in total. The number of nitrogens with zero attached hydrogens (tertiary/aromatic N) is 4. The number of rotatable bonds is 6. The van der Waals surface area contributed by atoms with Crippen molar-refractivity contribution in [3.63, 3.8) is 0 Å². The van der Waals surface area contributed by atoms with Crippen LogP contribution in [0.15, 0.2) is 12.4 Å². The first kappa shape index (κ1) is 18.4. The summed E-state index contributed by atoms with van der Waals surface area (Å²) < 4.78 is 2.07. The Hall–Kier alpha value is -1.39. The maximum Gasteiger partial charge on any atom is 0.126 e. The van der Waals surface area contributed by atoms with Crippen LogP contribution >= 0.6 is 0 Å². The van der Waals surface area contributed by atoms with E-state index in [0.717, 1.165) is 47.3 Å². The highest BCUT2D eigenvalue weighted by atomic mass is 15.3. The molecule has 1 radical (unpaired) electrons. The molecule has 4 atom stereocenters. The minimum absolute atomic E-state index is 0.645. The molecule has 1 fully saturated rings. The van der Waals surface area contributed by atoms with Gasteiger partial charge in [-0.1, -0.05) is 58.6 Å². The Morgan fingerprint density at radius 1 is 1.16 bits per heavy atom. The van der Waals surface area contributed by atoms with E-state index in [1.807, 2.05) is 13.1 Å². The molecule has 0 aromatic carbocycles. The lowest BCUT2D eigenvalue weighted by Gasteiger charge is -2.38. The fourth-order valence-electron chi connectivity index (χ4n) is 4.86. The van der Waals surface area contributed by atoms with Gasteiger partial charge < -0.3 is 0 Å². The van der Waals surface area contributed by atoms with Crippen LogP contribution in [0.4, 0.5) is 0 Å². The normalized spacial score (nSPS) is 23.8. The van der Waals surface area contributed by atoms with Gasteiger partial charge in [0.25, 0.3) is 0 Å². The zero-order valence-corrected chi connectivity index (χ0v) is 16.4. The van der Waals surface area contributed by atoms with E-state index in [9.17, 15) is 0 Å². The standard InChI is InChI=1S/C20H32BN4/c1-13(2)20(21-5)17-8-6-7-16(9-17)14(3)11-25-12-19-18(10-22-25)23-15(4)24-19/h10,12-14,16-17,20H,6-9,11H2,1-5H3. The third kappa shape index (κ3) is 4.24. The maximum atomic E-state index is 4.56. The van der Waals surface area contributed by atoms with Crippen LogP contribution in [0.3, 0.4) is 0 Å². The highest BCUT2D eigenvalue weighted by Gasteiger charge is 2.31. The van der Waals surface area contributed by atoms with Crippen LogP contribution in [0, 0.1) is 30.6 Å². The summed E-state index contributed by atoms with van der Waals surface area (Å²) in [5.41, 5.74) is 1.86. The number of imidazole rings is 1. The summed E-state index contributed by atoms with van der Waals surface area (Å²) in [6, 6.07) is 0. The smallest absolute Gasteiger partial charge is 0.126 e. The van der Waals surface area contributed by atoms with Crippen molar-refractivity contribution in [2.24, 2.45) is 23.7 Å². The highest BCUT2D eigenvalue weighted by Crippen LogP contribution is 2.42. The van der Waals surface area contributed by atoms with Crippen LogP contribution in [0.2, 0.25) is 12.6 Å². The van der Waals surface area contributed by atoms with Crippen molar-refractivity contribution in [1.29, 1.82) is 0 Å². The molecule has 0 aromatic heterocycles. The molecule has 4 nitrogen and oxygen atoms in total. The summed E-state index contributed by atoms with van der Waals surface area (Å²) in [4.78, 5) is 8.87. The topological polar surface area (TPSA) is 43.6 Å². The summed E-state index contributed by atoms with van der Waals surface area (Å²) in [6.45, 7) is 12.3. The van der Waals surface area contributed by atoms with Crippen LogP contribution in [-0.2, 0) is 6.54 Å². The molecule has 2 heterocycles. The largest absolute Gasteiger partial charge is 0.270 e. The van der Waals surface area contributed by atoms with E-state index in [1.54, 1.807) is 0 Å². The SMILES string of the molecule is C[B]C(C(C)C)C1CCCC(C(C)Cn2cc3nc(C)nc-3cn2)C1. The van der Waals surface area contributed by atoms with E-state index in [4.69, 9.17) is 0 Å². The molecule has 2 aliphatic heterocycles. The summed E-state index contributed by atoms with van der Waals surface area (Å²) >= 11 is 0. The zero-order chi connectivity index (χ0) is 18.0. The maximum absolute atomic E-state index is 4.56. The van der Waals surface area contributed by atoms with Gasteiger partial charge in [0.05, 0.1) is 12.4 Å². The van der Waals surface area contributed by atoms with Crippen molar-refractivity contribution in [2.75, 3.05) is 0 Å². The van der Waals surface area contributed by atoms with Crippen LogP contribution in [0.5, 0.6) is 0 Å². The molecule has 3 aliphatic rings. The summed E-state index contributed by atoms with van der Waals surface area (Å²) in [6.07, 6.45) is 9.42. The number of hydrogen-bond donors (Lipinski definition) is 0. The van der Waals surface area contributed by atoms with Gasteiger partial charge in [-0.25, -0.2) is 9.97 Å². The van der Waals surface area contributed by atoms with E-state index in [2.05, 4.69) is 60.8 Å². The summed E-state index contributed by atoms with van der Waals surface area (Å²) in [5, 5.41) is 4.56. The fraction of sp³-hybridized carbons (Fsp3) is 0.750. The number of hydrogen-bond acceptors (Lipinski definition) is 3. The van der Waals surface area contributed by atoms with Gasteiger partial charge in [0.2, 0.25) is 0 Å². The lowest BCUT2D eigenvalue weighted by Crippen LogP contribution is -2.29. The second-order valence-corrected chi connectivity index (χ2v) is 8.36. The van der Waals surface area contributed by atoms with E-state index in [1.165, 1.54) is 25.7 Å². The molecule has 0 spiro atoms. The second kappa shape index (κ2) is 7.88. The number of fused-ring (bicyclic) bond motifs is 1. The molecule has 1 aliphatic carbocycles. The van der Waals surface area contributed by atoms with Gasteiger partial charge in [0, 0.05) is 6.54 Å². The molecule has 0 bridgehead atoms. The monoisotopic (exact) mass is 339 g/mol. The molecule has 5 heteroatoms. The average molecular weight is 339 g/mol. The Bertz CT molecular complexity index is 653. The third-order valence-corrected chi connectivity index (χ3v) is 6.16. The summed E-state index contributed by atoms with van der Waals surface area (Å²) in [5.74, 6) is 4.65. The van der Waals surface area contributed by atoms with Crippen molar-refractivity contribution in [3.05, 3.63) is 18.2 Å². The third-order valence-electron chi connectivity index (χ3n) is 6.16. The molecule has 0 saturated heterocycles. The first-order chi connectivity index (χ1) is 12.0. The van der Waals surface area contributed by atoms with Gasteiger partial charge in [0.1, 0.15) is 24.5 Å². The molecule has 3 rings (SSSR count). The quantitative estimate of drug-likeness (QED) is 0.715. The van der Waals surface area contributed by atoms with Crippen molar-refractivity contribution in [2.45, 2.75) is 72.6 Å². The van der Waals surface area contributed by atoms with Gasteiger partial charge in [-0.3, -0.25) is 4.68 Å². The van der Waals surface area contributed by atoms with E-state index in [0.29, 0.717) is 5.92 Å². The van der Waals surface area contributed by atoms with Gasteiger partial charge in [-0.15, -0.1) is 0 Å². The Labute approximate surface area is 153 Å². The predicted molar refractivity (Wildman–Crippen MR) is 104 cm³/mol. The molecule has 25 heavy (non-hydrogen) atoms. The van der Waals surface area contributed by atoms with Crippen molar-refractivity contribution in [3.8, 4) is 11.4 Å². The highest BCUT2D eigenvalue weighted by molar-refractivity contribution is 6.35. The van der Waals surface area contributed by atoms with Crippen LogP contribution in [0.25, 0.3) is 11.4 Å². The minimum Gasteiger partial charge on any atom is -0.270 e. The minimum atomic E-state index is 0.645. The van der Waals surface area contributed by atoms with Gasteiger partial charge in [0.15, 0.2) is 0 Å². The Morgan fingerprint density at radius 2 is 1.88 bits per heavy atom. The van der Waals surface area contributed by atoms with Crippen molar-refractivity contribution >= 4 is 7.28 Å². The Kier molecular flexibility index (Phi) is 5.80. The molecular weight excluding hydrogens is 307 g/mol. The molecule has 4 unspecified atom stereocenters. The van der Waals surface area contributed by atoms with Gasteiger partial charge in [-0.05, 0) is 31.1 Å². The van der Waals surface area contributed by atoms with E-state index < -0.39 is 0 Å². The van der Waals surface area contributed by atoms with Crippen LogP contribution in [0.1, 0.15) is 52.3 Å². The summed E-state index contributed by atoms with van der Waals surface area (Å²) in [7, 11) is 2.45. The molecule has 1 saturated carbocycles. The lowest BCUT2D eigenvalue weighted by atomic mass is 9.53. The van der Waals surface area contributed by atoms with Crippen LogP contribution in [-0.4, -0.2) is 27.0 Å². The van der Waals surface area contributed by atoms with Crippen molar-refractivity contribution < 1.29 is 0 Å². The molecule has 0 aromatic rings. The predicted octanol–water partition coefficient (Wildman–Crippen LogP) is 4.73. The van der Waals surface area contributed by atoms with Gasteiger partial charge in [-0.2, -0.15) is 5.10 Å². The number of aromatic nitrogens is 4. The number of aryl methyl sites for hydroxylation is 1.